The Hall–Kier alpha value is -0.470. The first-order valence-corrected chi connectivity index (χ1v) is 6.52. The van der Waals surface area contributed by atoms with Gasteiger partial charge >= 0.3 is 0 Å². The first-order valence-electron chi connectivity index (χ1n) is 5.44. The largest absolute Gasteiger partial charge is 0.378 e. The van der Waals surface area contributed by atoms with Crippen LogP contribution in [-0.4, -0.2) is 24.2 Å². The van der Waals surface area contributed by atoms with E-state index in [1.807, 2.05) is 22.6 Å². The highest BCUT2D eigenvalue weighted by atomic mass is 127. The van der Waals surface area contributed by atoms with E-state index in [9.17, 15) is 4.79 Å². The van der Waals surface area contributed by atoms with E-state index in [-0.39, 0.29) is 11.7 Å². The van der Waals surface area contributed by atoms with Crippen LogP contribution in [0.2, 0.25) is 0 Å². The highest BCUT2D eigenvalue weighted by Crippen LogP contribution is 2.18. The van der Waals surface area contributed by atoms with Gasteiger partial charge in [-0.1, -0.05) is 13.3 Å². The second kappa shape index (κ2) is 7.07. The Bertz CT molecular complexity index is 420. The highest BCUT2D eigenvalue weighted by Gasteiger charge is 2.16. The lowest BCUT2D eigenvalue weighted by Crippen LogP contribution is -2.21. The number of aromatic amines is 1. The van der Waals surface area contributed by atoms with Crippen molar-refractivity contribution in [3.63, 3.8) is 0 Å². The minimum atomic E-state index is -0.166. The van der Waals surface area contributed by atoms with Crippen molar-refractivity contribution in [2.45, 2.75) is 32.5 Å². The van der Waals surface area contributed by atoms with Crippen LogP contribution in [0.4, 0.5) is 0 Å². The molecule has 1 rings (SSSR count). The predicted octanol–water partition coefficient (Wildman–Crippen LogP) is 2.01. The van der Waals surface area contributed by atoms with Gasteiger partial charge in [0.1, 0.15) is 15.5 Å². The van der Waals surface area contributed by atoms with Crippen molar-refractivity contribution in [3.8, 4) is 0 Å². The Kier molecular flexibility index (Phi) is 6.07. The summed E-state index contributed by atoms with van der Waals surface area (Å²) in [6.45, 7) is 2.39. The molecule has 1 heterocycles. The fourth-order valence-electron chi connectivity index (χ4n) is 1.54. The van der Waals surface area contributed by atoms with Gasteiger partial charge in [0, 0.05) is 14.2 Å². The van der Waals surface area contributed by atoms with Crippen LogP contribution in [0.15, 0.2) is 4.79 Å². The highest BCUT2D eigenvalue weighted by molar-refractivity contribution is 14.1. The smallest absolute Gasteiger partial charge is 0.264 e. The van der Waals surface area contributed by atoms with Crippen molar-refractivity contribution in [2.75, 3.05) is 14.2 Å². The van der Waals surface area contributed by atoms with Crippen molar-refractivity contribution in [3.05, 3.63) is 25.4 Å². The normalized spacial score (nSPS) is 12.7. The van der Waals surface area contributed by atoms with E-state index in [0.717, 1.165) is 12.8 Å². The zero-order chi connectivity index (χ0) is 12.8. The van der Waals surface area contributed by atoms with Crippen LogP contribution in [0.5, 0.6) is 0 Å². The summed E-state index contributed by atoms with van der Waals surface area (Å²) in [4.78, 5) is 18.9. The summed E-state index contributed by atoms with van der Waals surface area (Å²) in [5.41, 5.74) is 0.519. The molecule has 0 spiro atoms. The molecule has 0 fully saturated rings. The maximum Gasteiger partial charge on any atom is 0.264 e. The number of aromatic nitrogens is 2. The van der Waals surface area contributed by atoms with Gasteiger partial charge < -0.3 is 14.5 Å². The quantitative estimate of drug-likeness (QED) is 0.796. The Labute approximate surface area is 114 Å². The predicted molar refractivity (Wildman–Crippen MR) is 72.9 cm³/mol. The molecule has 0 radical (unpaired) electrons. The number of halogens is 1. The van der Waals surface area contributed by atoms with Gasteiger partial charge in [-0.2, -0.15) is 0 Å². The molecular formula is C11H17IN2O3. The van der Waals surface area contributed by atoms with Gasteiger partial charge in [-0.3, -0.25) is 4.79 Å². The Morgan fingerprint density at radius 2 is 2.18 bits per heavy atom. The van der Waals surface area contributed by atoms with E-state index in [1.165, 1.54) is 0 Å². The molecule has 0 aliphatic rings. The molecule has 0 aliphatic heterocycles. The number of H-pyrrole nitrogens is 1. The van der Waals surface area contributed by atoms with Crippen LogP contribution in [0.3, 0.4) is 0 Å². The molecule has 0 bridgehead atoms. The lowest BCUT2D eigenvalue weighted by molar-refractivity contribution is 0.0864. The van der Waals surface area contributed by atoms with Crippen molar-refractivity contribution >= 4 is 22.6 Å². The average molecular weight is 352 g/mol. The molecule has 96 valence electrons. The van der Waals surface area contributed by atoms with Gasteiger partial charge in [-0.05, 0) is 29.0 Å². The summed E-state index contributed by atoms with van der Waals surface area (Å²) < 4.78 is 10.9. The summed E-state index contributed by atoms with van der Waals surface area (Å²) in [6.07, 6.45) is 1.63. The molecule has 0 saturated heterocycles. The SMILES string of the molecule is CCCC(OC)c1nc(COC)c(I)c(=O)[nH]1. The van der Waals surface area contributed by atoms with Crippen LogP contribution in [0, 0.1) is 3.57 Å². The molecule has 0 saturated carbocycles. The molecule has 5 nitrogen and oxygen atoms in total. The first-order chi connectivity index (χ1) is 8.13. The van der Waals surface area contributed by atoms with Gasteiger partial charge in [0.2, 0.25) is 0 Å². The van der Waals surface area contributed by atoms with Gasteiger partial charge in [0.25, 0.3) is 5.56 Å². The summed E-state index contributed by atoms with van der Waals surface area (Å²) in [5, 5.41) is 0. The van der Waals surface area contributed by atoms with Crippen LogP contribution in [0.1, 0.15) is 37.4 Å². The second-order valence-electron chi connectivity index (χ2n) is 3.66. The van der Waals surface area contributed by atoms with Crippen LogP contribution in [0.25, 0.3) is 0 Å². The molecular weight excluding hydrogens is 335 g/mol. The third-order valence-electron chi connectivity index (χ3n) is 2.37. The maximum absolute atomic E-state index is 11.7. The lowest BCUT2D eigenvalue weighted by atomic mass is 10.2. The third-order valence-corrected chi connectivity index (χ3v) is 3.48. The average Bonchev–Trinajstić information content (AvgIpc) is 2.32. The second-order valence-corrected chi connectivity index (χ2v) is 4.74. The molecule has 1 atom stereocenters. The molecule has 0 aliphatic carbocycles. The number of hydrogen-bond acceptors (Lipinski definition) is 4. The Balaban J connectivity index is 3.12. The summed E-state index contributed by atoms with van der Waals surface area (Å²) in [7, 11) is 3.20. The maximum atomic E-state index is 11.7. The zero-order valence-electron chi connectivity index (χ0n) is 10.2. The van der Waals surface area contributed by atoms with Crippen molar-refractivity contribution in [1.29, 1.82) is 0 Å². The minimum absolute atomic E-state index is 0.138. The first kappa shape index (κ1) is 14.6. The number of ether oxygens (including phenoxy) is 2. The van der Waals surface area contributed by atoms with Crippen molar-refractivity contribution in [1.82, 2.24) is 9.97 Å². The number of rotatable bonds is 6. The molecule has 17 heavy (non-hydrogen) atoms. The van der Waals surface area contributed by atoms with E-state index < -0.39 is 0 Å². The molecule has 1 aromatic heterocycles. The lowest BCUT2D eigenvalue weighted by Gasteiger charge is -2.14. The van der Waals surface area contributed by atoms with E-state index in [0.29, 0.717) is 21.7 Å². The number of nitrogens with zero attached hydrogens (tertiary/aromatic N) is 1. The van der Waals surface area contributed by atoms with Crippen LogP contribution >= 0.6 is 22.6 Å². The van der Waals surface area contributed by atoms with E-state index in [1.54, 1.807) is 14.2 Å². The van der Waals surface area contributed by atoms with Crippen molar-refractivity contribution in [2.24, 2.45) is 0 Å². The molecule has 6 heteroatoms. The van der Waals surface area contributed by atoms with Gasteiger partial charge in [-0.25, -0.2) is 4.98 Å². The molecule has 0 amide bonds. The summed E-state index contributed by atoms with van der Waals surface area (Å²) in [6, 6.07) is 0. The number of methoxy groups -OCH3 is 2. The van der Waals surface area contributed by atoms with E-state index in [2.05, 4.69) is 16.9 Å². The molecule has 1 N–H and O–H groups in total. The van der Waals surface area contributed by atoms with Crippen molar-refractivity contribution < 1.29 is 9.47 Å². The topological polar surface area (TPSA) is 64.2 Å². The van der Waals surface area contributed by atoms with E-state index >= 15 is 0 Å². The minimum Gasteiger partial charge on any atom is -0.378 e. The number of nitrogens with one attached hydrogen (secondary N) is 1. The van der Waals surface area contributed by atoms with Gasteiger partial charge in [0.15, 0.2) is 0 Å². The van der Waals surface area contributed by atoms with Crippen LogP contribution < -0.4 is 5.56 Å². The van der Waals surface area contributed by atoms with Crippen LogP contribution in [-0.2, 0) is 16.1 Å². The standard InChI is InChI=1S/C11H17IN2O3/c1-4-5-8(17-3)10-13-7(6-16-2)9(12)11(15)14-10/h8H,4-6H2,1-3H3,(H,13,14,15). The van der Waals surface area contributed by atoms with E-state index in [4.69, 9.17) is 9.47 Å². The Morgan fingerprint density at radius 3 is 2.71 bits per heavy atom. The molecule has 1 aromatic rings. The summed E-state index contributed by atoms with van der Waals surface area (Å²) in [5.74, 6) is 0.576. The fourth-order valence-corrected chi connectivity index (χ4v) is 1.95. The monoisotopic (exact) mass is 352 g/mol. The van der Waals surface area contributed by atoms with Gasteiger partial charge in [-0.15, -0.1) is 0 Å². The fraction of sp³-hybridized carbons (Fsp3) is 0.636. The van der Waals surface area contributed by atoms with Gasteiger partial charge in [0.05, 0.1) is 12.3 Å². The zero-order valence-corrected chi connectivity index (χ0v) is 12.4. The molecule has 0 aromatic carbocycles. The summed E-state index contributed by atoms with van der Waals surface area (Å²) >= 11 is 1.97. The number of hydrogen-bond donors (Lipinski definition) is 1. The Morgan fingerprint density at radius 1 is 1.47 bits per heavy atom. The third kappa shape index (κ3) is 3.75. The molecule has 1 unspecified atom stereocenters.